The monoisotopic (exact) mass is 363 g/mol. The van der Waals surface area contributed by atoms with E-state index >= 15 is 0 Å². The van der Waals surface area contributed by atoms with Gasteiger partial charge in [0.2, 0.25) is 0 Å². The molecule has 0 aliphatic rings. The van der Waals surface area contributed by atoms with Gasteiger partial charge >= 0.3 is 0 Å². The number of hydrogen-bond donors (Lipinski definition) is 3. The van der Waals surface area contributed by atoms with Crippen LogP contribution in [0.2, 0.25) is 0 Å². The van der Waals surface area contributed by atoms with Gasteiger partial charge < -0.3 is 10.4 Å². The molecule has 0 saturated heterocycles. The summed E-state index contributed by atoms with van der Waals surface area (Å²) < 4.78 is 32.0. The van der Waals surface area contributed by atoms with E-state index in [4.69, 9.17) is 9.66 Å². The summed E-state index contributed by atoms with van der Waals surface area (Å²) in [5.41, 5.74) is 3.07. The lowest BCUT2D eigenvalue weighted by Gasteiger charge is -2.03. The second-order valence-corrected chi connectivity index (χ2v) is 7.19. The molecule has 0 amide bonds. The van der Waals surface area contributed by atoms with E-state index in [-0.39, 0.29) is 12.4 Å². The first-order chi connectivity index (χ1) is 12.0. The molecular weight excluding hydrogens is 340 g/mol. The van der Waals surface area contributed by atoms with Crippen molar-refractivity contribution >= 4 is 28.0 Å². The van der Waals surface area contributed by atoms with Crippen molar-refractivity contribution in [2.75, 3.05) is 24.2 Å². The molecule has 2 rings (SSSR count). The third-order valence-corrected chi connectivity index (χ3v) is 4.36. The van der Waals surface area contributed by atoms with E-state index in [2.05, 4.69) is 5.32 Å². The van der Waals surface area contributed by atoms with Gasteiger partial charge in [-0.2, -0.15) is 8.42 Å². The van der Waals surface area contributed by atoms with E-state index in [1.165, 1.54) is 0 Å². The number of anilines is 1. The van der Waals surface area contributed by atoms with Crippen molar-refractivity contribution in [1.29, 1.82) is 0 Å². The highest BCUT2D eigenvalue weighted by Crippen LogP contribution is 2.12. The van der Waals surface area contributed by atoms with Crippen LogP contribution in [0.15, 0.2) is 48.8 Å². The summed E-state index contributed by atoms with van der Waals surface area (Å²) in [5.74, 6) is -0.231. The quantitative estimate of drug-likeness (QED) is 0.467. The van der Waals surface area contributed by atoms with Crippen LogP contribution < -0.4 is 9.88 Å². The van der Waals surface area contributed by atoms with E-state index in [9.17, 15) is 8.42 Å². The van der Waals surface area contributed by atoms with Crippen molar-refractivity contribution in [3.63, 3.8) is 0 Å². The average Bonchev–Trinajstić information content (AvgIpc) is 2.59. The molecule has 0 spiro atoms. The van der Waals surface area contributed by atoms with E-state index in [0.717, 1.165) is 16.8 Å². The molecule has 0 atom stereocenters. The van der Waals surface area contributed by atoms with E-state index < -0.39 is 10.1 Å². The SMILES string of the molecule is O=S(=O)(O)CCC[n+]1ccc(/C=C/c2ccc(NCCO)cc2)cc1. The molecule has 1 aromatic heterocycles. The van der Waals surface area contributed by atoms with Gasteiger partial charge in [0, 0.05) is 30.8 Å². The zero-order valence-electron chi connectivity index (χ0n) is 13.9. The summed E-state index contributed by atoms with van der Waals surface area (Å²) >= 11 is 0. The first-order valence-electron chi connectivity index (χ1n) is 8.03. The molecule has 7 heteroatoms. The molecule has 25 heavy (non-hydrogen) atoms. The summed E-state index contributed by atoms with van der Waals surface area (Å²) in [4.78, 5) is 0. The molecule has 0 saturated carbocycles. The Labute approximate surface area is 148 Å². The Bertz CT molecular complexity index is 785. The molecule has 1 heterocycles. The highest BCUT2D eigenvalue weighted by Gasteiger charge is 2.07. The molecule has 0 bridgehead atoms. The van der Waals surface area contributed by atoms with Crippen molar-refractivity contribution in [3.05, 3.63) is 59.9 Å². The fourth-order valence-electron chi connectivity index (χ4n) is 2.26. The van der Waals surface area contributed by atoms with Gasteiger partial charge in [-0.25, -0.2) is 4.57 Å². The maximum absolute atomic E-state index is 10.7. The van der Waals surface area contributed by atoms with Crippen molar-refractivity contribution in [1.82, 2.24) is 0 Å². The summed E-state index contributed by atoms with van der Waals surface area (Å²) in [7, 11) is -3.89. The average molecular weight is 363 g/mol. The largest absolute Gasteiger partial charge is 0.395 e. The Balaban J connectivity index is 1.88. The van der Waals surface area contributed by atoms with Crippen molar-refractivity contribution in [2.24, 2.45) is 0 Å². The molecule has 0 aliphatic heterocycles. The number of aliphatic hydroxyl groups excluding tert-OH is 1. The third kappa shape index (κ3) is 7.47. The first kappa shape index (κ1) is 19.1. The van der Waals surface area contributed by atoms with Crippen LogP contribution in [-0.4, -0.2) is 37.0 Å². The van der Waals surface area contributed by atoms with Gasteiger partial charge in [-0.3, -0.25) is 4.55 Å². The van der Waals surface area contributed by atoms with Crippen LogP contribution in [0, 0.1) is 0 Å². The minimum atomic E-state index is -3.89. The number of benzene rings is 1. The highest BCUT2D eigenvalue weighted by atomic mass is 32.2. The summed E-state index contributed by atoms with van der Waals surface area (Å²) in [6.07, 6.45) is 8.14. The molecule has 2 aromatic rings. The van der Waals surface area contributed by atoms with Gasteiger partial charge in [-0.15, -0.1) is 0 Å². The maximum atomic E-state index is 10.7. The molecule has 3 N–H and O–H groups in total. The zero-order chi connectivity index (χ0) is 18.1. The number of aliphatic hydroxyl groups is 1. The van der Waals surface area contributed by atoms with Crippen molar-refractivity contribution in [3.8, 4) is 0 Å². The lowest BCUT2D eigenvalue weighted by molar-refractivity contribution is -0.696. The van der Waals surface area contributed by atoms with Crippen LogP contribution in [-0.2, 0) is 16.7 Å². The predicted molar refractivity (Wildman–Crippen MR) is 98.6 cm³/mol. The minimum Gasteiger partial charge on any atom is -0.395 e. The van der Waals surface area contributed by atoms with Crippen LogP contribution >= 0.6 is 0 Å². The topological polar surface area (TPSA) is 90.5 Å². The summed E-state index contributed by atoms with van der Waals surface area (Å²) in [5, 5.41) is 11.9. The van der Waals surface area contributed by atoms with Gasteiger partial charge in [0.15, 0.2) is 12.4 Å². The van der Waals surface area contributed by atoms with Crippen molar-refractivity contribution in [2.45, 2.75) is 13.0 Å². The number of nitrogens with one attached hydrogen (secondary N) is 1. The second-order valence-electron chi connectivity index (χ2n) is 5.61. The molecule has 6 nitrogen and oxygen atoms in total. The summed E-state index contributed by atoms with van der Waals surface area (Å²) in [6, 6.07) is 11.8. The number of aromatic nitrogens is 1. The maximum Gasteiger partial charge on any atom is 0.265 e. The van der Waals surface area contributed by atoms with Crippen molar-refractivity contribution < 1.29 is 22.6 Å². The van der Waals surface area contributed by atoms with Crippen LogP contribution in [0.25, 0.3) is 12.2 Å². The fourth-order valence-corrected chi connectivity index (χ4v) is 2.76. The Morgan fingerprint density at radius 3 is 2.16 bits per heavy atom. The molecule has 0 aliphatic carbocycles. The van der Waals surface area contributed by atoms with E-state index in [0.29, 0.717) is 19.5 Å². The van der Waals surface area contributed by atoms with Crippen LogP contribution in [0.5, 0.6) is 0 Å². The van der Waals surface area contributed by atoms with Gasteiger partial charge in [0.1, 0.15) is 6.54 Å². The fraction of sp³-hybridized carbons (Fsp3) is 0.278. The summed E-state index contributed by atoms with van der Waals surface area (Å²) in [6.45, 7) is 1.17. The van der Waals surface area contributed by atoms with Gasteiger partial charge in [0.05, 0.1) is 12.4 Å². The molecule has 134 valence electrons. The number of pyridine rings is 1. The third-order valence-electron chi connectivity index (χ3n) is 3.56. The Morgan fingerprint density at radius 1 is 1.00 bits per heavy atom. The zero-order valence-corrected chi connectivity index (χ0v) is 14.7. The lowest BCUT2D eigenvalue weighted by atomic mass is 10.1. The van der Waals surface area contributed by atoms with Gasteiger partial charge in [-0.1, -0.05) is 24.3 Å². The number of rotatable bonds is 9. The Kier molecular flexibility index (Phi) is 7.12. The smallest absolute Gasteiger partial charge is 0.265 e. The van der Waals surface area contributed by atoms with E-state index in [1.807, 2.05) is 65.5 Å². The van der Waals surface area contributed by atoms with Crippen LogP contribution in [0.4, 0.5) is 5.69 Å². The Hall–Kier alpha value is -2.22. The van der Waals surface area contributed by atoms with Crippen LogP contribution in [0.3, 0.4) is 0 Å². The number of hydrogen-bond acceptors (Lipinski definition) is 4. The molecule has 0 unspecified atom stereocenters. The highest BCUT2D eigenvalue weighted by molar-refractivity contribution is 7.85. The predicted octanol–water partition coefficient (Wildman–Crippen LogP) is 1.83. The second kappa shape index (κ2) is 9.31. The molecular formula is C18H23N2O4S+. The number of aryl methyl sites for hydroxylation is 1. The molecule has 1 aromatic carbocycles. The van der Waals surface area contributed by atoms with Gasteiger partial charge in [0.25, 0.3) is 10.1 Å². The standard InChI is InChI=1S/C18H22N2O4S/c21-14-10-19-18-6-4-16(5-7-18)2-3-17-8-12-20(13-9-17)11-1-15-25(22,23)24/h2-9,12-13,21H,1,10-11,14-15H2,(H,22,23,24)/p+1. The molecule has 0 radical (unpaired) electrons. The minimum absolute atomic E-state index is 0.103. The lowest BCUT2D eigenvalue weighted by Crippen LogP contribution is -2.33. The Morgan fingerprint density at radius 2 is 1.60 bits per heavy atom. The normalized spacial score (nSPS) is 11.8. The first-order valence-corrected chi connectivity index (χ1v) is 9.64. The van der Waals surface area contributed by atoms with Crippen LogP contribution in [0.1, 0.15) is 17.5 Å². The molecule has 0 fully saturated rings. The number of nitrogens with zero attached hydrogens (tertiary/aromatic N) is 1. The van der Waals surface area contributed by atoms with E-state index in [1.54, 1.807) is 0 Å². The van der Waals surface area contributed by atoms with Gasteiger partial charge in [-0.05, 0) is 23.3 Å².